The molecule has 0 spiro atoms. The first-order valence-corrected chi connectivity index (χ1v) is 5.03. The van der Waals surface area contributed by atoms with Gasteiger partial charge in [0, 0.05) is 0 Å². The molecule has 0 fully saturated rings. The summed E-state index contributed by atoms with van der Waals surface area (Å²) in [5, 5.41) is 0. The van der Waals surface area contributed by atoms with E-state index < -0.39 is 6.61 Å². The van der Waals surface area contributed by atoms with Crippen LogP contribution in [0.4, 0.5) is 8.78 Å². The standard InChI is InChI=1S/C9H9F2IO3/c1-13-6-4-3-5(12)7(8(6)14-2)15-9(10)11/h3-4,9H,1-2H3. The van der Waals surface area contributed by atoms with Gasteiger partial charge in [0.25, 0.3) is 0 Å². The fourth-order valence-corrected chi connectivity index (χ4v) is 1.63. The quantitative estimate of drug-likeness (QED) is 0.795. The maximum Gasteiger partial charge on any atom is 0.387 e. The zero-order valence-corrected chi connectivity index (χ0v) is 10.2. The molecule has 0 heterocycles. The fraction of sp³-hybridized carbons (Fsp3) is 0.333. The van der Waals surface area contributed by atoms with E-state index in [1.807, 2.05) is 22.6 Å². The third-order valence-electron chi connectivity index (χ3n) is 1.66. The highest BCUT2D eigenvalue weighted by Gasteiger charge is 2.18. The van der Waals surface area contributed by atoms with E-state index in [2.05, 4.69) is 4.74 Å². The summed E-state index contributed by atoms with van der Waals surface area (Å²) in [6.07, 6.45) is 0. The summed E-state index contributed by atoms with van der Waals surface area (Å²) >= 11 is 1.88. The van der Waals surface area contributed by atoms with Crippen molar-refractivity contribution < 1.29 is 23.0 Å². The molecule has 1 aromatic carbocycles. The van der Waals surface area contributed by atoms with Crippen LogP contribution in [0.2, 0.25) is 0 Å². The molecule has 0 aliphatic carbocycles. The molecule has 0 bridgehead atoms. The Morgan fingerprint density at radius 1 is 1.13 bits per heavy atom. The van der Waals surface area contributed by atoms with Crippen LogP contribution in [0.3, 0.4) is 0 Å². The molecule has 0 saturated carbocycles. The molecule has 0 aliphatic heterocycles. The summed E-state index contributed by atoms with van der Waals surface area (Å²) in [5.41, 5.74) is 0. The summed E-state index contributed by atoms with van der Waals surface area (Å²) in [6.45, 7) is -2.89. The monoisotopic (exact) mass is 330 g/mol. The largest absolute Gasteiger partial charge is 0.493 e. The van der Waals surface area contributed by atoms with Crippen molar-refractivity contribution in [2.45, 2.75) is 6.61 Å². The van der Waals surface area contributed by atoms with Crippen LogP contribution in [-0.4, -0.2) is 20.8 Å². The number of ether oxygens (including phenoxy) is 3. The van der Waals surface area contributed by atoms with Crippen LogP contribution in [-0.2, 0) is 0 Å². The lowest BCUT2D eigenvalue weighted by molar-refractivity contribution is -0.0519. The first-order valence-electron chi connectivity index (χ1n) is 3.95. The predicted octanol–water partition coefficient (Wildman–Crippen LogP) is 2.91. The van der Waals surface area contributed by atoms with Crippen LogP contribution in [0.15, 0.2) is 12.1 Å². The number of alkyl halides is 2. The molecule has 15 heavy (non-hydrogen) atoms. The summed E-state index contributed by atoms with van der Waals surface area (Å²) in [7, 11) is 2.79. The van der Waals surface area contributed by atoms with Gasteiger partial charge in [-0.15, -0.1) is 0 Å². The van der Waals surface area contributed by atoms with Crippen molar-refractivity contribution in [1.29, 1.82) is 0 Å². The Balaban J connectivity index is 3.19. The maximum absolute atomic E-state index is 12.1. The van der Waals surface area contributed by atoms with E-state index in [1.165, 1.54) is 14.2 Å². The van der Waals surface area contributed by atoms with Gasteiger partial charge >= 0.3 is 6.61 Å². The first-order chi connectivity index (χ1) is 7.10. The Labute approximate surface area is 99.5 Å². The third kappa shape index (κ3) is 2.83. The van der Waals surface area contributed by atoms with Crippen molar-refractivity contribution in [3.05, 3.63) is 15.7 Å². The van der Waals surface area contributed by atoms with Gasteiger partial charge in [0.2, 0.25) is 5.75 Å². The smallest absolute Gasteiger partial charge is 0.387 e. The molecule has 0 N–H and O–H groups in total. The van der Waals surface area contributed by atoms with E-state index in [1.54, 1.807) is 12.1 Å². The lowest BCUT2D eigenvalue weighted by Crippen LogP contribution is -2.05. The highest BCUT2D eigenvalue weighted by molar-refractivity contribution is 14.1. The minimum atomic E-state index is -2.89. The van der Waals surface area contributed by atoms with Gasteiger partial charge in [-0.1, -0.05) is 0 Å². The van der Waals surface area contributed by atoms with Crippen LogP contribution >= 0.6 is 22.6 Å². The SMILES string of the molecule is COc1ccc(I)c(OC(F)F)c1OC. The van der Waals surface area contributed by atoms with Gasteiger partial charge in [-0.05, 0) is 34.7 Å². The molecule has 0 aliphatic rings. The molecule has 3 nitrogen and oxygen atoms in total. The summed E-state index contributed by atoms with van der Waals surface area (Å²) < 4.78 is 39.1. The number of benzene rings is 1. The van der Waals surface area contributed by atoms with Crippen molar-refractivity contribution in [2.75, 3.05) is 14.2 Å². The molecule has 0 unspecified atom stereocenters. The molecular weight excluding hydrogens is 321 g/mol. The maximum atomic E-state index is 12.1. The molecule has 0 radical (unpaired) electrons. The van der Waals surface area contributed by atoms with Gasteiger partial charge in [0.1, 0.15) is 0 Å². The van der Waals surface area contributed by atoms with Gasteiger partial charge in [-0.3, -0.25) is 0 Å². The van der Waals surface area contributed by atoms with Gasteiger partial charge in [0.15, 0.2) is 11.5 Å². The van der Waals surface area contributed by atoms with Crippen LogP contribution < -0.4 is 14.2 Å². The van der Waals surface area contributed by atoms with Crippen molar-refractivity contribution in [1.82, 2.24) is 0 Å². The first kappa shape index (κ1) is 12.3. The zero-order chi connectivity index (χ0) is 11.4. The lowest BCUT2D eigenvalue weighted by atomic mass is 10.3. The topological polar surface area (TPSA) is 27.7 Å². The number of hydrogen-bond donors (Lipinski definition) is 0. The molecule has 1 rings (SSSR count). The van der Waals surface area contributed by atoms with Crippen LogP contribution in [0, 0.1) is 3.57 Å². The Kier molecular flexibility index (Phi) is 4.37. The zero-order valence-electron chi connectivity index (χ0n) is 8.09. The number of methoxy groups -OCH3 is 2. The minimum Gasteiger partial charge on any atom is -0.493 e. The summed E-state index contributed by atoms with van der Waals surface area (Å²) in [6, 6.07) is 3.23. The molecule has 0 saturated heterocycles. The van der Waals surface area contributed by atoms with Gasteiger partial charge in [-0.25, -0.2) is 0 Å². The fourth-order valence-electron chi connectivity index (χ4n) is 1.07. The molecule has 0 amide bonds. The van der Waals surface area contributed by atoms with Gasteiger partial charge in [-0.2, -0.15) is 8.78 Å². The normalized spacial score (nSPS) is 10.3. The molecule has 84 valence electrons. The van der Waals surface area contributed by atoms with Crippen molar-refractivity contribution in [3.63, 3.8) is 0 Å². The van der Waals surface area contributed by atoms with Crippen LogP contribution in [0.25, 0.3) is 0 Å². The predicted molar refractivity (Wildman–Crippen MR) is 58.9 cm³/mol. The van der Waals surface area contributed by atoms with Crippen molar-refractivity contribution >= 4 is 22.6 Å². The average Bonchev–Trinajstić information content (AvgIpc) is 2.20. The van der Waals surface area contributed by atoms with Crippen LogP contribution in [0.1, 0.15) is 0 Å². The summed E-state index contributed by atoms with van der Waals surface area (Å²) in [4.78, 5) is 0. The lowest BCUT2D eigenvalue weighted by Gasteiger charge is -2.14. The Hall–Kier alpha value is -0.790. The highest BCUT2D eigenvalue weighted by Crippen LogP contribution is 2.41. The number of hydrogen-bond acceptors (Lipinski definition) is 3. The van der Waals surface area contributed by atoms with Gasteiger partial charge in [0.05, 0.1) is 17.8 Å². The Bertz CT molecular complexity index is 344. The van der Waals surface area contributed by atoms with E-state index in [0.717, 1.165) is 0 Å². The number of halogens is 3. The Morgan fingerprint density at radius 2 is 1.80 bits per heavy atom. The molecular formula is C9H9F2IO3. The van der Waals surface area contributed by atoms with E-state index in [-0.39, 0.29) is 11.5 Å². The van der Waals surface area contributed by atoms with Gasteiger partial charge < -0.3 is 14.2 Å². The second-order valence-electron chi connectivity index (χ2n) is 2.49. The minimum absolute atomic E-state index is 0.00699. The average molecular weight is 330 g/mol. The third-order valence-corrected chi connectivity index (χ3v) is 2.51. The van der Waals surface area contributed by atoms with Crippen molar-refractivity contribution in [2.24, 2.45) is 0 Å². The molecule has 6 heteroatoms. The molecule has 0 aromatic heterocycles. The van der Waals surface area contributed by atoms with E-state index in [4.69, 9.17) is 9.47 Å². The van der Waals surface area contributed by atoms with E-state index >= 15 is 0 Å². The number of rotatable bonds is 4. The van der Waals surface area contributed by atoms with E-state index in [0.29, 0.717) is 9.32 Å². The van der Waals surface area contributed by atoms with Crippen molar-refractivity contribution in [3.8, 4) is 17.2 Å². The second-order valence-corrected chi connectivity index (χ2v) is 3.65. The molecule has 1 aromatic rings. The van der Waals surface area contributed by atoms with Crippen LogP contribution in [0.5, 0.6) is 17.2 Å². The highest BCUT2D eigenvalue weighted by atomic mass is 127. The second kappa shape index (κ2) is 5.34. The Morgan fingerprint density at radius 3 is 2.27 bits per heavy atom. The summed E-state index contributed by atoms with van der Waals surface area (Å²) in [5.74, 6) is 0.519. The van der Waals surface area contributed by atoms with E-state index in [9.17, 15) is 8.78 Å². The molecule has 0 atom stereocenters.